The van der Waals surface area contributed by atoms with Crippen molar-refractivity contribution in [2.75, 3.05) is 18.4 Å². The maximum Gasteiger partial charge on any atom is 0.229 e. The highest BCUT2D eigenvalue weighted by Gasteiger charge is 2.28. The quantitative estimate of drug-likeness (QED) is 0.921. The fourth-order valence-corrected chi connectivity index (χ4v) is 3.30. The number of halogens is 1. The Balaban J connectivity index is 1.54. The minimum Gasteiger partial charge on any atom is -0.297 e. The van der Waals surface area contributed by atoms with Crippen LogP contribution in [0, 0.1) is 5.92 Å². The monoisotopic (exact) mass is 344 g/mol. The summed E-state index contributed by atoms with van der Waals surface area (Å²) in [7, 11) is 0. The number of carbonyl (C=O) groups excluding carboxylic acids is 1. The number of rotatable bonds is 4. The molecule has 0 saturated carbocycles. The topological polar surface area (TPSA) is 58.1 Å². The van der Waals surface area contributed by atoms with Gasteiger partial charge in [-0.3, -0.25) is 15.0 Å². The third kappa shape index (κ3) is 4.10. The van der Waals surface area contributed by atoms with E-state index >= 15 is 0 Å². The summed E-state index contributed by atoms with van der Waals surface area (Å²) >= 11 is 6.09. The second-order valence-corrected chi connectivity index (χ2v) is 6.54. The van der Waals surface area contributed by atoms with E-state index in [0.29, 0.717) is 12.0 Å². The molecule has 1 saturated heterocycles. The normalized spacial score (nSPS) is 17.4. The van der Waals surface area contributed by atoms with Crippen molar-refractivity contribution in [3.05, 3.63) is 53.3 Å². The number of piperidine rings is 1. The van der Waals surface area contributed by atoms with Crippen molar-refractivity contribution in [2.24, 2.45) is 5.92 Å². The van der Waals surface area contributed by atoms with Gasteiger partial charge in [0.05, 0.1) is 0 Å². The van der Waals surface area contributed by atoms with Crippen LogP contribution in [-0.4, -0.2) is 33.9 Å². The summed E-state index contributed by atoms with van der Waals surface area (Å²) < 4.78 is 0. The molecule has 2 aromatic rings. The summed E-state index contributed by atoms with van der Waals surface area (Å²) in [6, 6.07) is 10.0. The zero-order valence-electron chi connectivity index (χ0n) is 13.7. The van der Waals surface area contributed by atoms with Crippen LogP contribution < -0.4 is 5.32 Å². The van der Waals surface area contributed by atoms with Gasteiger partial charge < -0.3 is 0 Å². The molecule has 0 bridgehead atoms. The molecule has 0 aliphatic carbocycles. The van der Waals surface area contributed by atoms with Gasteiger partial charge >= 0.3 is 0 Å². The van der Waals surface area contributed by atoms with Gasteiger partial charge in [0, 0.05) is 29.4 Å². The third-order valence-corrected chi connectivity index (χ3v) is 4.82. The van der Waals surface area contributed by atoms with Crippen molar-refractivity contribution in [3.8, 4) is 0 Å². The van der Waals surface area contributed by atoms with Crippen molar-refractivity contribution < 1.29 is 4.79 Å². The van der Waals surface area contributed by atoms with Gasteiger partial charge in [-0.1, -0.05) is 23.7 Å². The number of nitrogens with one attached hydrogen (secondary N) is 1. The van der Waals surface area contributed by atoms with E-state index in [2.05, 4.69) is 33.2 Å². The molecule has 24 heavy (non-hydrogen) atoms. The Bertz CT molecular complexity index is 686. The van der Waals surface area contributed by atoms with Crippen LogP contribution in [0.5, 0.6) is 0 Å². The lowest BCUT2D eigenvalue weighted by atomic mass is 9.94. The van der Waals surface area contributed by atoms with Gasteiger partial charge in [-0.2, -0.15) is 0 Å². The second-order valence-electron chi connectivity index (χ2n) is 6.10. The SMILES string of the molecule is C[C@@H](c1cccc(Cl)c1)N1CCC(C(=O)Nc2ncccn2)CC1. The van der Waals surface area contributed by atoms with Gasteiger partial charge in [0.1, 0.15) is 0 Å². The van der Waals surface area contributed by atoms with Crippen molar-refractivity contribution in [2.45, 2.75) is 25.8 Å². The molecule has 1 N–H and O–H groups in total. The van der Waals surface area contributed by atoms with E-state index in [-0.39, 0.29) is 11.8 Å². The Morgan fingerprint density at radius 1 is 1.25 bits per heavy atom. The molecule has 0 unspecified atom stereocenters. The van der Waals surface area contributed by atoms with E-state index in [9.17, 15) is 4.79 Å². The van der Waals surface area contributed by atoms with Crippen molar-refractivity contribution >= 4 is 23.5 Å². The Kier molecular flexibility index (Phi) is 5.43. The predicted octanol–water partition coefficient (Wildman–Crippen LogP) is 3.54. The first kappa shape index (κ1) is 16.9. The number of hydrogen-bond donors (Lipinski definition) is 1. The van der Waals surface area contributed by atoms with Crippen molar-refractivity contribution in [1.29, 1.82) is 0 Å². The molecule has 1 aliphatic rings. The van der Waals surface area contributed by atoms with Crippen LogP contribution in [0.1, 0.15) is 31.4 Å². The lowest BCUT2D eigenvalue weighted by Gasteiger charge is -2.35. The van der Waals surface area contributed by atoms with Gasteiger partial charge in [0.25, 0.3) is 0 Å². The molecule has 5 nitrogen and oxygen atoms in total. The molecule has 1 fully saturated rings. The van der Waals surface area contributed by atoms with Gasteiger partial charge in [-0.15, -0.1) is 0 Å². The summed E-state index contributed by atoms with van der Waals surface area (Å²) in [6.07, 6.45) is 4.92. The molecular formula is C18H21ClN4O. The Hall–Kier alpha value is -1.98. The number of hydrogen-bond acceptors (Lipinski definition) is 4. The summed E-state index contributed by atoms with van der Waals surface area (Å²) in [5.74, 6) is 0.394. The van der Waals surface area contributed by atoms with E-state index < -0.39 is 0 Å². The molecule has 1 amide bonds. The number of carbonyl (C=O) groups is 1. The van der Waals surface area contributed by atoms with Crippen LogP contribution in [0.15, 0.2) is 42.7 Å². The summed E-state index contributed by atoms with van der Waals surface area (Å²) in [5.41, 5.74) is 1.21. The molecule has 0 radical (unpaired) electrons. The van der Waals surface area contributed by atoms with E-state index in [1.807, 2.05) is 18.2 Å². The van der Waals surface area contributed by atoms with E-state index in [1.54, 1.807) is 18.5 Å². The number of amides is 1. The maximum absolute atomic E-state index is 12.3. The van der Waals surface area contributed by atoms with E-state index in [0.717, 1.165) is 31.0 Å². The van der Waals surface area contributed by atoms with Gasteiger partial charge in [-0.25, -0.2) is 9.97 Å². The fraction of sp³-hybridized carbons (Fsp3) is 0.389. The highest BCUT2D eigenvalue weighted by molar-refractivity contribution is 6.30. The lowest BCUT2D eigenvalue weighted by molar-refractivity contribution is -0.121. The zero-order valence-corrected chi connectivity index (χ0v) is 14.4. The number of benzene rings is 1. The largest absolute Gasteiger partial charge is 0.297 e. The minimum atomic E-state index is 0.0104. The average Bonchev–Trinajstić information content (AvgIpc) is 2.62. The first-order chi connectivity index (χ1) is 11.6. The van der Waals surface area contributed by atoms with Crippen LogP contribution in [0.25, 0.3) is 0 Å². The van der Waals surface area contributed by atoms with Crippen LogP contribution >= 0.6 is 11.6 Å². The highest BCUT2D eigenvalue weighted by atomic mass is 35.5. The lowest BCUT2D eigenvalue weighted by Crippen LogP contribution is -2.39. The first-order valence-corrected chi connectivity index (χ1v) is 8.58. The standard InChI is InChI=1S/C18H21ClN4O/c1-13(15-4-2-5-16(19)12-15)23-10-6-14(7-11-23)17(24)22-18-20-8-3-9-21-18/h2-5,8-9,12-14H,6-7,10-11H2,1H3,(H,20,21,22,24)/t13-/m0/s1. The molecule has 3 rings (SSSR count). The van der Waals surface area contributed by atoms with Crippen LogP contribution in [0.2, 0.25) is 5.02 Å². The molecule has 0 spiro atoms. The van der Waals surface area contributed by atoms with Crippen LogP contribution in [0.4, 0.5) is 5.95 Å². The summed E-state index contributed by atoms with van der Waals surface area (Å²) in [6.45, 7) is 3.96. The Morgan fingerprint density at radius 3 is 2.62 bits per heavy atom. The predicted molar refractivity (Wildman–Crippen MR) is 94.8 cm³/mol. The van der Waals surface area contributed by atoms with Crippen molar-refractivity contribution in [1.82, 2.24) is 14.9 Å². The smallest absolute Gasteiger partial charge is 0.229 e. The molecule has 1 aromatic carbocycles. The van der Waals surface area contributed by atoms with Crippen molar-refractivity contribution in [3.63, 3.8) is 0 Å². The second kappa shape index (κ2) is 7.73. The molecule has 1 aliphatic heterocycles. The van der Waals surface area contributed by atoms with E-state index in [4.69, 9.17) is 11.6 Å². The van der Waals surface area contributed by atoms with Gasteiger partial charge in [-0.05, 0) is 56.6 Å². The summed E-state index contributed by atoms with van der Waals surface area (Å²) in [4.78, 5) is 22.8. The zero-order chi connectivity index (χ0) is 16.9. The highest BCUT2D eigenvalue weighted by Crippen LogP contribution is 2.28. The maximum atomic E-state index is 12.3. The third-order valence-electron chi connectivity index (χ3n) is 4.58. The molecule has 6 heteroatoms. The number of likely N-dealkylation sites (tertiary alicyclic amines) is 1. The molecule has 126 valence electrons. The van der Waals surface area contributed by atoms with Crippen LogP contribution in [-0.2, 0) is 4.79 Å². The van der Waals surface area contributed by atoms with Gasteiger partial charge in [0.15, 0.2) is 0 Å². The van der Waals surface area contributed by atoms with Crippen LogP contribution in [0.3, 0.4) is 0 Å². The summed E-state index contributed by atoms with van der Waals surface area (Å²) in [5, 5.41) is 3.56. The Labute approximate surface area is 147 Å². The fourth-order valence-electron chi connectivity index (χ4n) is 3.10. The number of anilines is 1. The number of nitrogens with zero attached hydrogens (tertiary/aromatic N) is 3. The average molecular weight is 345 g/mol. The Morgan fingerprint density at radius 2 is 1.96 bits per heavy atom. The van der Waals surface area contributed by atoms with Gasteiger partial charge in [0.2, 0.25) is 11.9 Å². The van der Waals surface area contributed by atoms with E-state index in [1.165, 1.54) is 5.56 Å². The number of aromatic nitrogens is 2. The molecule has 1 aromatic heterocycles. The first-order valence-electron chi connectivity index (χ1n) is 8.21. The molecular weight excluding hydrogens is 324 g/mol. The minimum absolute atomic E-state index is 0.0104. The molecule has 1 atom stereocenters. The molecule has 2 heterocycles.